The molecule has 1 fully saturated rings. The standard InChI is InChI=1S/C14H19Br2NO/c1-14(18-2)6-3-7-17(10-14)12-5-4-11(9-15)13(16)8-12/h4-5,8H,3,6-7,9-10H2,1-2H3. The zero-order valence-corrected chi connectivity index (χ0v) is 14.1. The van der Waals surface area contributed by atoms with Crippen molar-refractivity contribution in [1.82, 2.24) is 0 Å². The van der Waals surface area contributed by atoms with Crippen LogP contribution in [-0.4, -0.2) is 25.8 Å². The highest BCUT2D eigenvalue weighted by atomic mass is 79.9. The smallest absolute Gasteiger partial charge is 0.0825 e. The van der Waals surface area contributed by atoms with E-state index in [4.69, 9.17) is 4.74 Å². The van der Waals surface area contributed by atoms with E-state index in [-0.39, 0.29) is 5.60 Å². The van der Waals surface area contributed by atoms with Gasteiger partial charge in [-0.25, -0.2) is 0 Å². The summed E-state index contributed by atoms with van der Waals surface area (Å²) in [5.74, 6) is 0. The van der Waals surface area contributed by atoms with E-state index in [0.29, 0.717) is 0 Å². The van der Waals surface area contributed by atoms with Crippen LogP contribution in [0, 0.1) is 0 Å². The maximum Gasteiger partial charge on any atom is 0.0825 e. The Hall–Kier alpha value is -0.0600. The summed E-state index contributed by atoms with van der Waals surface area (Å²) in [7, 11) is 1.81. The van der Waals surface area contributed by atoms with Crippen LogP contribution in [0.3, 0.4) is 0 Å². The molecule has 0 radical (unpaired) electrons. The second kappa shape index (κ2) is 5.93. The van der Waals surface area contributed by atoms with E-state index >= 15 is 0 Å². The molecule has 1 unspecified atom stereocenters. The molecule has 0 aromatic heterocycles. The fraction of sp³-hybridized carbons (Fsp3) is 0.571. The van der Waals surface area contributed by atoms with E-state index in [0.717, 1.165) is 24.8 Å². The number of alkyl halides is 1. The van der Waals surface area contributed by atoms with Gasteiger partial charge in [0, 0.05) is 35.7 Å². The predicted octanol–water partition coefficient (Wildman–Crippen LogP) is 4.35. The Kier molecular flexibility index (Phi) is 4.73. The number of hydrogen-bond donors (Lipinski definition) is 0. The maximum absolute atomic E-state index is 5.64. The lowest BCUT2D eigenvalue weighted by atomic mass is 9.94. The third-order valence-corrected chi connectivity index (χ3v) is 5.04. The fourth-order valence-electron chi connectivity index (χ4n) is 2.43. The van der Waals surface area contributed by atoms with Gasteiger partial charge in [-0.15, -0.1) is 0 Å². The molecule has 1 aliphatic rings. The lowest BCUT2D eigenvalue weighted by Crippen LogP contribution is -2.47. The van der Waals surface area contributed by atoms with Gasteiger partial charge in [0.15, 0.2) is 0 Å². The number of methoxy groups -OCH3 is 1. The number of anilines is 1. The first-order valence-electron chi connectivity index (χ1n) is 6.22. The van der Waals surface area contributed by atoms with Crippen molar-refractivity contribution >= 4 is 37.5 Å². The van der Waals surface area contributed by atoms with E-state index in [1.54, 1.807) is 0 Å². The molecule has 0 N–H and O–H groups in total. The van der Waals surface area contributed by atoms with Crippen molar-refractivity contribution in [3.8, 4) is 0 Å². The molecule has 0 aliphatic carbocycles. The Bertz CT molecular complexity index is 424. The molecule has 1 aliphatic heterocycles. The zero-order valence-electron chi connectivity index (χ0n) is 10.9. The average Bonchev–Trinajstić information content (AvgIpc) is 2.39. The summed E-state index contributed by atoms with van der Waals surface area (Å²) in [6.45, 7) is 4.27. The maximum atomic E-state index is 5.64. The summed E-state index contributed by atoms with van der Waals surface area (Å²) >= 11 is 7.13. The number of hydrogen-bond acceptors (Lipinski definition) is 2. The summed E-state index contributed by atoms with van der Waals surface area (Å²) in [6.07, 6.45) is 2.32. The first kappa shape index (κ1) is 14.4. The largest absolute Gasteiger partial charge is 0.377 e. The van der Waals surface area contributed by atoms with Crippen LogP contribution in [0.15, 0.2) is 22.7 Å². The van der Waals surface area contributed by atoms with Crippen molar-refractivity contribution in [1.29, 1.82) is 0 Å². The van der Waals surface area contributed by atoms with Crippen molar-refractivity contribution < 1.29 is 4.74 Å². The molecule has 2 rings (SSSR count). The van der Waals surface area contributed by atoms with Crippen molar-refractivity contribution in [2.75, 3.05) is 25.1 Å². The molecule has 1 heterocycles. The fourth-order valence-corrected chi connectivity index (χ4v) is 3.81. The number of halogens is 2. The highest BCUT2D eigenvalue weighted by Gasteiger charge is 2.30. The third kappa shape index (κ3) is 3.09. The number of nitrogens with zero attached hydrogens (tertiary/aromatic N) is 1. The van der Waals surface area contributed by atoms with Crippen LogP contribution in [0.1, 0.15) is 25.3 Å². The van der Waals surface area contributed by atoms with Crippen LogP contribution in [0.2, 0.25) is 0 Å². The summed E-state index contributed by atoms with van der Waals surface area (Å²) in [5.41, 5.74) is 2.54. The van der Waals surface area contributed by atoms with Gasteiger partial charge >= 0.3 is 0 Å². The number of benzene rings is 1. The van der Waals surface area contributed by atoms with Gasteiger partial charge in [0.2, 0.25) is 0 Å². The SMILES string of the molecule is COC1(C)CCCN(c2ccc(CBr)c(Br)c2)C1. The molecule has 0 spiro atoms. The Labute approximate surface area is 126 Å². The van der Waals surface area contributed by atoms with Crippen molar-refractivity contribution in [2.45, 2.75) is 30.7 Å². The minimum absolute atomic E-state index is 0.0151. The van der Waals surface area contributed by atoms with Gasteiger partial charge < -0.3 is 9.64 Å². The average molecular weight is 377 g/mol. The molecule has 1 aromatic rings. The predicted molar refractivity (Wildman–Crippen MR) is 83.6 cm³/mol. The topological polar surface area (TPSA) is 12.5 Å². The van der Waals surface area contributed by atoms with E-state index in [1.807, 2.05) is 7.11 Å². The highest BCUT2D eigenvalue weighted by molar-refractivity contribution is 9.10. The third-order valence-electron chi connectivity index (χ3n) is 3.70. The molecule has 18 heavy (non-hydrogen) atoms. The van der Waals surface area contributed by atoms with Crippen LogP contribution in [-0.2, 0) is 10.1 Å². The summed E-state index contributed by atoms with van der Waals surface area (Å²) < 4.78 is 6.81. The van der Waals surface area contributed by atoms with Gasteiger partial charge in [0.25, 0.3) is 0 Å². The summed E-state index contributed by atoms with van der Waals surface area (Å²) in [5, 5.41) is 0.879. The van der Waals surface area contributed by atoms with Gasteiger partial charge in [0.1, 0.15) is 0 Å². The number of piperidine rings is 1. The van der Waals surface area contributed by atoms with E-state index in [2.05, 4.69) is 61.9 Å². The Balaban J connectivity index is 2.18. The molecule has 0 saturated carbocycles. The normalized spacial score (nSPS) is 24.3. The van der Waals surface area contributed by atoms with Crippen LogP contribution in [0.5, 0.6) is 0 Å². The highest BCUT2D eigenvalue weighted by Crippen LogP contribution is 2.31. The van der Waals surface area contributed by atoms with Gasteiger partial charge in [-0.05, 0) is 37.5 Å². The second-order valence-corrected chi connectivity index (χ2v) is 6.50. The van der Waals surface area contributed by atoms with Crippen molar-refractivity contribution in [3.63, 3.8) is 0 Å². The molecule has 0 bridgehead atoms. The number of ether oxygens (including phenoxy) is 1. The van der Waals surface area contributed by atoms with Crippen LogP contribution in [0.25, 0.3) is 0 Å². The molecule has 100 valence electrons. The number of rotatable bonds is 3. The molecular formula is C14H19Br2NO. The van der Waals surface area contributed by atoms with E-state index in [1.165, 1.54) is 22.1 Å². The molecule has 1 aromatic carbocycles. The Morgan fingerprint density at radius 2 is 2.22 bits per heavy atom. The summed E-state index contributed by atoms with van der Waals surface area (Å²) in [4.78, 5) is 2.41. The van der Waals surface area contributed by atoms with E-state index < -0.39 is 0 Å². The van der Waals surface area contributed by atoms with Crippen molar-refractivity contribution in [3.05, 3.63) is 28.2 Å². The lowest BCUT2D eigenvalue weighted by molar-refractivity contribution is -0.00465. The van der Waals surface area contributed by atoms with Gasteiger partial charge in [-0.1, -0.05) is 37.9 Å². The molecule has 2 nitrogen and oxygen atoms in total. The van der Waals surface area contributed by atoms with E-state index in [9.17, 15) is 0 Å². The zero-order chi connectivity index (χ0) is 13.2. The van der Waals surface area contributed by atoms with Gasteiger partial charge in [-0.3, -0.25) is 0 Å². The van der Waals surface area contributed by atoms with Crippen LogP contribution >= 0.6 is 31.9 Å². The molecule has 1 saturated heterocycles. The second-order valence-electron chi connectivity index (χ2n) is 5.09. The monoisotopic (exact) mass is 375 g/mol. The minimum Gasteiger partial charge on any atom is -0.377 e. The van der Waals surface area contributed by atoms with Gasteiger partial charge in [0.05, 0.1) is 5.60 Å². The quantitative estimate of drug-likeness (QED) is 0.727. The first-order chi connectivity index (χ1) is 8.58. The lowest BCUT2D eigenvalue weighted by Gasteiger charge is -2.40. The summed E-state index contributed by atoms with van der Waals surface area (Å²) in [6, 6.07) is 6.58. The minimum atomic E-state index is -0.0151. The Morgan fingerprint density at radius 3 is 2.83 bits per heavy atom. The molecular weight excluding hydrogens is 358 g/mol. The van der Waals surface area contributed by atoms with Crippen LogP contribution < -0.4 is 4.90 Å². The van der Waals surface area contributed by atoms with Gasteiger partial charge in [-0.2, -0.15) is 0 Å². The molecule has 1 atom stereocenters. The molecule has 0 amide bonds. The first-order valence-corrected chi connectivity index (χ1v) is 8.14. The Morgan fingerprint density at radius 1 is 1.44 bits per heavy atom. The molecule has 4 heteroatoms. The van der Waals surface area contributed by atoms with Crippen LogP contribution in [0.4, 0.5) is 5.69 Å². The van der Waals surface area contributed by atoms with Crippen molar-refractivity contribution in [2.24, 2.45) is 0 Å².